The fraction of sp³-hybridized carbons (Fsp3) is 0.750. The molecule has 0 unspecified atom stereocenters. The van der Waals surface area contributed by atoms with Gasteiger partial charge in [0.15, 0.2) is 0 Å². The average molecular weight is 580 g/mol. The third kappa shape index (κ3) is 8.17. The first-order valence-electron chi connectivity index (χ1n) is 17.2. The molecule has 1 aromatic rings. The lowest BCUT2D eigenvalue weighted by Crippen LogP contribution is -2.50. The maximum Gasteiger partial charge on any atom is 0.254 e. The predicted octanol–water partition coefficient (Wildman–Crippen LogP) is 8.20. The molecule has 42 heavy (non-hydrogen) atoms. The number of rotatable bonds is 10. The number of nitrogens with two attached hydrogens (primary N) is 1. The first-order valence-corrected chi connectivity index (χ1v) is 17.2. The van der Waals surface area contributed by atoms with Gasteiger partial charge < -0.3 is 16.0 Å². The van der Waals surface area contributed by atoms with Gasteiger partial charge in [0.05, 0.1) is 0 Å². The zero-order valence-electron chi connectivity index (χ0n) is 27.0. The molecule has 0 atom stereocenters. The molecule has 3 aliphatic rings. The van der Waals surface area contributed by atoms with Gasteiger partial charge in [0.25, 0.3) is 5.91 Å². The number of primary amides is 1. The first-order chi connectivity index (χ1) is 20.1. The number of carbonyl (C=O) groups excluding carboxylic acids is 3. The van der Waals surface area contributed by atoms with Crippen molar-refractivity contribution in [1.29, 1.82) is 0 Å². The first kappa shape index (κ1) is 32.5. The predicted molar refractivity (Wildman–Crippen MR) is 171 cm³/mol. The van der Waals surface area contributed by atoms with E-state index >= 15 is 0 Å². The van der Waals surface area contributed by atoms with Gasteiger partial charge in [-0.25, -0.2) is 0 Å². The van der Waals surface area contributed by atoms with E-state index in [1.807, 2.05) is 0 Å². The summed E-state index contributed by atoms with van der Waals surface area (Å²) in [6, 6.07) is 5.47. The summed E-state index contributed by atoms with van der Waals surface area (Å²) in [4.78, 5) is 42.3. The molecular formula is C36H57N3O3. The van der Waals surface area contributed by atoms with E-state index in [9.17, 15) is 14.4 Å². The van der Waals surface area contributed by atoms with Crippen molar-refractivity contribution in [3.05, 3.63) is 29.3 Å². The van der Waals surface area contributed by atoms with Gasteiger partial charge in [-0.2, -0.15) is 0 Å². The Balaban J connectivity index is 1.55. The second kappa shape index (κ2) is 14.9. The number of amides is 3. The van der Waals surface area contributed by atoms with Crippen LogP contribution in [0.3, 0.4) is 0 Å². The van der Waals surface area contributed by atoms with Gasteiger partial charge in [-0.3, -0.25) is 14.4 Å². The van der Waals surface area contributed by atoms with Gasteiger partial charge in [-0.1, -0.05) is 47.5 Å². The van der Waals surface area contributed by atoms with Crippen LogP contribution in [0.5, 0.6) is 0 Å². The van der Waals surface area contributed by atoms with Gasteiger partial charge >= 0.3 is 0 Å². The highest BCUT2D eigenvalue weighted by atomic mass is 16.2. The highest BCUT2D eigenvalue weighted by Crippen LogP contribution is 2.39. The SMILES string of the molecule is CCCC1CCC(C(=O)Nc2cc(C(N)=O)cc(C(=O)N(C3CCC(C(C)C)CC3)C3CCC(C(C)C)CC3)c2)CC1. The minimum absolute atomic E-state index is 0.0131. The van der Waals surface area contributed by atoms with Gasteiger partial charge in [0.2, 0.25) is 11.8 Å². The number of hydrogen-bond acceptors (Lipinski definition) is 3. The monoisotopic (exact) mass is 579 g/mol. The highest BCUT2D eigenvalue weighted by Gasteiger charge is 2.37. The molecule has 6 nitrogen and oxygen atoms in total. The molecule has 4 rings (SSSR count). The molecule has 3 aliphatic carbocycles. The standard InChI is InChI=1S/C36H57N3O3/c1-6-7-25-8-10-28(11-9-25)35(41)38-31-21-29(34(37)40)20-30(22-31)36(42)39(32-16-12-26(13-17-32)23(2)3)33-18-14-27(15-19-33)24(4)5/h20-28,32-33H,6-19H2,1-5H3,(H2,37,40)(H,38,41). The Morgan fingerprint density at radius 2 is 1.26 bits per heavy atom. The van der Waals surface area contributed by atoms with Crippen LogP contribution in [-0.4, -0.2) is 34.7 Å². The second-order valence-corrected chi connectivity index (χ2v) is 14.5. The lowest BCUT2D eigenvalue weighted by Gasteiger charge is -2.45. The van der Waals surface area contributed by atoms with Crippen LogP contribution in [0.4, 0.5) is 5.69 Å². The Kier molecular flexibility index (Phi) is 11.5. The summed E-state index contributed by atoms with van der Waals surface area (Å²) in [7, 11) is 0. The van der Waals surface area contributed by atoms with Gasteiger partial charge in [0, 0.05) is 34.8 Å². The van der Waals surface area contributed by atoms with Crippen molar-refractivity contribution < 1.29 is 14.4 Å². The van der Waals surface area contributed by atoms with Crippen LogP contribution in [-0.2, 0) is 4.79 Å². The Hall–Kier alpha value is -2.37. The molecule has 0 spiro atoms. The molecule has 0 saturated heterocycles. The smallest absolute Gasteiger partial charge is 0.254 e. The Bertz CT molecular complexity index is 1030. The molecule has 3 N–H and O–H groups in total. The van der Waals surface area contributed by atoms with Crippen molar-refractivity contribution in [2.24, 2.45) is 41.2 Å². The van der Waals surface area contributed by atoms with Crippen LogP contribution in [0.2, 0.25) is 0 Å². The molecule has 0 aromatic heterocycles. The molecule has 1 aromatic carbocycles. The van der Waals surface area contributed by atoms with E-state index in [-0.39, 0.29) is 35.4 Å². The lowest BCUT2D eigenvalue weighted by atomic mass is 9.76. The third-order valence-corrected chi connectivity index (χ3v) is 11.0. The number of benzene rings is 1. The lowest BCUT2D eigenvalue weighted by molar-refractivity contribution is -0.121. The number of nitrogens with one attached hydrogen (secondary N) is 1. The number of anilines is 1. The minimum Gasteiger partial charge on any atom is -0.366 e. The average Bonchev–Trinajstić information content (AvgIpc) is 2.98. The third-order valence-electron chi connectivity index (χ3n) is 11.0. The van der Waals surface area contributed by atoms with Crippen molar-refractivity contribution in [3.63, 3.8) is 0 Å². The summed E-state index contributed by atoms with van der Waals surface area (Å²) < 4.78 is 0. The molecule has 0 bridgehead atoms. The van der Waals surface area contributed by atoms with E-state index in [2.05, 4.69) is 44.8 Å². The largest absolute Gasteiger partial charge is 0.366 e. The summed E-state index contributed by atoms with van der Waals surface area (Å²) >= 11 is 0. The molecular weight excluding hydrogens is 522 g/mol. The summed E-state index contributed by atoms with van der Waals surface area (Å²) in [5, 5.41) is 3.07. The van der Waals surface area contributed by atoms with Crippen LogP contribution >= 0.6 is 0 Å². The summed E-state index contributed by atoms with van der Waals surface area (Å²) in [6.07, 6.45) is 15.1. The summed E-state index contributed by atoms with van der Waals surface area (Å²) in [5.41, 5.74) is 6.98. The van der Waals surface area contributed by atoms with Crippen LogP contribution in [0.25, 0.3) is 0 Å². The highest BCUT2D eigenvalue weighted by molar-refractivity contribution is 6.02. The fourth-order valence-corrected chi connectivity index (χ4v) is 8.20. The number of carbonyl (C=O) groups is 3. The van der Waals surface area contributed by atoms with E-state index in [4.69, 9.17) is 5.73 Å². The van der Waals surface area contributed by atoms with Crippen molar-refractivity contribution in [2.45, 2.75) is 137 Å². The van der Waals surface area contributed by atoms with Crippen LogP contribution in [0.15, 0.2) is 18.2 Å². The molecule has 0 aliphatic heterocycles. The van der Waals surface area contributed by atoms with Crippen molar-refractivity contribution in [2.75, 3.05) is 5.32 Å². The summed E-state index contributed by atoms with van der Waals surface area (Å²) in [6.45, 7) is 11.5. The van der Waals surface area contributed by atoms with Crippen LogP contribution in [0.1, 0.15) is 145 Å². The molecule has 6 heteroatoms. The van der Waals surface area contributed by atoms with Gasteiger partial charge in [-0.05, 0) is 125 Å². The van der Waals surface area contributed by atoms with Crippen LogP contribution in [0, 0.1) is 35.5 Å². The van der Waals surface area contributed by atoms with E-state index < -0.39 is 5.91 Å². The maximum absolute atomic E-state index is 14.4. The zero-order chi connectivity index (χ0) is 30.4. The summed E-state index contributed by atoms with van der Waals surface area (Å²) in [5.74, 6) is 2.83. The zero-order valence-corrected chi connectivity index (χ0v) is 27.0. The van der Waals surface area contributed by atoms with E-state index in [1.165, 1.54) is 12.8 Å². The quantitative estimate of drug-likeness (QED) is 0.293. The van der Waals surface area contributed by atoms with Crippen molar-refractivity contribution >= 4 is 23.4 Å². The number of hydrogen-bond donors (Lipinski definition) is 2. The van der Waals surface area contributed by atoms with Gasteiger partial charge in [-0.15, -0.1) is 0 Å². The van der Waals surface area contributed by atoms with Gasteiger partial charge in [0.1, 0.15) is 0 Å². The van der Waals surface area contributed by atoms with E-state index in [1.54, 1.807) is 18.2 Å². The minimum atomic E-state index is -0.582. The van der Waals surface area contributed by atoms with Crippen LogP contribution < -0.4 is 11.1 Å². The molecule has 234 valence electrons. The Morgan fingerprint density at radius 3 is 1.71 bits per heavy atom. The molecule has 3 saturated carbocycles. The molecule has 0 radical (unpaired) electrons. The topological polar surface area (TPSA) is 92.5 Å². The molecule has 0 heterocycles. The Labute approximate surface area is 254 Å². The molecule has 3 fully saturated rings. The van der Waals surface area contributed by atoms with Crippen molar-refractivity contribution in [1.82, 2.24) is 4.90 Å². The second-order valence-electron chi connectivity index (χ2n) is 14.5. The molecule has 3 amide bonds. The van der Waals surface area contributed by atoms with E-state index in [0.29, 0.717) is 34.9 Å². The van der Waals surface area contributed by atoms with Crippen molar-refractivity contribution in [3.8, 4) is 0 Å². The maximum atomic E-state index is 14.4. The fourth-order valence-electron chi connectivity index (χ4n) is 8.20. The number of nitrogens with zero attached hydrogens (tertiary/aromatic N) is 1. The normalized spacial score (nSPS) is 28.5. The van der Waals surface area contributed by atoms with E-state index in [0.717, 1.165) is 83.0 Å². The Morgan fingerprint density at radius 1 is 0.762 bits per heavy atom.